The van der Waals surface area contributed by atoms with E-state index >= 15 is 0 Å². The molecular formula is C14H12FNO4S. The third-order valence-electron chi connectivity index (χ3n) is 3.46. The average Bonchev–Trinajstić information content (AvgIpc) is 3.11. The molecule has 0 bridgehead atoms. The number of hydrogen-bond donors (Lipinski definition) is 0. The molecule has 1 fully saturated rings. The summed E-state index contributed by atoms with van der Waals surface area (Å²) in [6.45, 7) is 0. The topological polar surface area (TPSA) is 77.2 Å². The molecule has 0 aliphatic heterocycles. The summed E-state index contributed by atoms with van der Waals surface area (Å²) in [4.78, 5) is 12.2. The van der Waals surface area contributed by atoms with Gasteiger partial charge in [-0.2, -0.15) is 0 Å². The second-order valence-corrected chi connectivity index (χ2v) is 7.14. The van der Waals surface area contributed by atoms with E-state index in [0.29, 0.717) is 5.56 Å². The van der Waals surface area contributed by atoms with Gasteiger partial charge in [-0.3, -0.25) is 4.79 Å². The summed E-state index contributed by atoms with van der Waals surface area (Å²) in [7, 11) is -3.54. The van der Waals surface area contributed by atoms with Gasteiger partial charge in [0, 0.05) is 6.26 Å². The number of hydrogen-bond acceptors (Lipinski definition) is 5. The number of rotatable bonds is 4. The Kier molecular flexibility index (Phi) is 3.16. The van der Waals surface area contributed by atoms with Crippen LogP contribution in [-0.4, -0.2) is 25.6 Å². The lowest BCUT2D eigenvalue weighted by atomic mass is 10.0. The van der Waals surface area contributed by atoms with Gasteiger partial charge in [-0.1, -0.05) is 5.16 Å². The summed E-state index contributed by atoms with van der Waals surface area (Å²) in [6.07, 6.45) is 5.05. The maximum absolute atomic E-state index is 14.2. The number of sulfone groups is 1. The molecule has 5 nitrogen and oxygen atoms in total. The quantitative estimate of drug-likeness (QED) is 0.810. The fourth-order valence-electron chi connectivity index (χ4n) is 2.25. The molecule has 0 radical (unpaired) electrons. The van der Waals surface area contributed by atoms with Crippen LogP contribution in [0.3, 0.4) is 0 Å². The van der Waals surface area contributed by atoms with Crippen LogP contribution in [-0.2, 0) is 9.84 Å². The van der Waals surface area contributed by atoms with Gasteiger partial charge in [-0.15, -0.1) is 0 Å². The molecule has 0 unspecified atom stereocenters. The molecule has 0 spiro atoms. The lowest BCUT2D eigenvalue weighted by Crippen LogP contribution is -2.09. The van der Waals surface area contributed by atoms with E-state index in [4.69, 9.17) is 0 Å². The molecule has 0 atom stereocenters. The van der Waals surface area contributed by atoms with E-state index in [-0.39, 0.29) is 21.9 Å². The lowest BCUT2D eigenvalue weighted by molar-refractivity contribution is 0.103. The van der Waals surface area contributed by atoms with Crippen LogP contribution in [0.1, 0.15) is 40.2 Å². The molecule has 0 amide bonds. The molecular weight excluding hydrogens is 297 g/mol. The first-order valence-corrected chi connectivity index (χ1v) is 8.24. The van der Waals surface area contributed by atoms with Gasteiger partial charge in [-0.25, -0.2) is 12.8 Å². The first-order chi connectivity index (χ1) is 9.88. The zero-order valence-corrected chi connectivity index (χ0v) is 12.0. The largest absolute Gasteiger partial charge is 0.364 e. The van der Waals surface area contributed by atoms with Crippen LogP contribution >= 0.6 is 0 Å². The molecule has 110 valence electrons. The number of nitrogens with zero attached hydrogens (tertiary/aromatic N) is 1. The molecule has 21 heavy (non-hydrogen) atoms. The smallest absolute Gasteiger partial charge is 0.200 e. The second kappa shape index (κ2) is 4.77. The molecule has 1 aromatic carbocycles. The van der Waals surface area contributed by atoms with Gasteiger partial charge in [0.25, 0.3) is 0 Å². The highest BCUT2D eigenvalue weighted by Crippen LogP contribution is 2.43. The molecule has 1 aliphatic rings. The van der Waals surface area contributed by atoms with Gasteiger partial charge in [0.1, 0.15) is 12.1 Å². The maximum atomic E-state index is 14.2. The van der Waals surface area contributed by atoms with Gasteiger partial charge >= 0.3 is 0 Å². The van der Waals surface area contributed by atoms with Gasteiger partial charge < -0.3 is 4.52 Å². The summed E-state index contributed by atoms with van der Waals surface area (Å²) < 4.78 is 42.3. The summed E-state index contributed by atoms with van der Waals surface area (Å²) in [5.41, 5.74) is 0.481. The summed E-state index contributed by atoms with van der Waals surface area (Å²) in [5.74, 6) is -1.36. The predicted molar refractivity (Wildman–Crippen MR) is 71.4 cm³/mol. The number of carbonyl (C=O) groups is 1. The zero-order valence-electron chi connectivity index (χ0n) is 11.2. The summed E-state index contributed by atoms with van der Waals surface area (Å²) in [5, 5.41) is 3.41. The molecule has 7 heteroatoms. The second-order valence-electron chi connectivity index (χ2n) is 5.16. The number of ketones is 1. The van der Waals surface area contributed by atoms with Gasteiger partial charge in [0.05, 0.1) is 22.2 Å². The Morgan fingerprint density at radius 3 is 2.62 bits per heavy atom. The fourth-order valence-corrected chi connectivity index (χ4v) is 3.22. The summed E-state index contributed by atoms with van der Waals surface area (Å²) in [6, 6.07) is 2.28. The third-order valence-corrected chi connectivity index (χ3v) is 4.61. The van der Waals surface area contributed by atoms with Crippen molar-refractivity contribution in [2.75, 3.05) is 6.26 Å². The van der Waals surface area contributed by atoms with Crippen molar-refractivity contribution in [2.24, 2.45) is 0 Å². The molecule has 1 aliphatic carbocycles. The number of halogens is 1. The SMILES string of the molecule is CS(=O)(=O)c1cc(F)c(C(=O)c2cnoc2)cc1C1CC1. The van der Waals surface area contributed by atoms with E-state index in [0.717, 1.165) is 31.4 Å². The maximum Gasteiger partial charge on any atom is 0.200 e. The average molecular weight is 309 g/mol. The van der Waals surface area contributed by atoms with Crippen LogP contribution in [0.25, 0.3) is 0 Å². The molecule has 1 saturated carbocycles. The Bertz CT molecular complexity index is 808. The monoisotopic (exact) mass is 309 g/mol. The normalized spacial score (nSPS) is 15.1. The Hall–Kier alpha value is -2.02. The minimum Gasteiger partial charge on any atom is -0.364 e. The standard InChI is InChI=1S/C14H12FNO4S/c1-21(18,19)13-5-12(15)11(4-10(13)8-2-3-8)14(17)9-6-16-20-7-9/h4-8H,2-3H2,1H3. The highest BCUT2D eigenvalue weighted by molar-refractivity contribution is 7.90. The highest BCUT2D eigenvalue weighted by atomic mass is 32.2. The van der Waals surface area contributed by atoms with Crippen LogP contribution in [0.5, 0.6) is 0 Å². The highest BCUT2D eigenvalue weighted by Gasteiger charge is 2.31. The van der Waals surface area contributed by atoms with E-state index in [1.165, 1.54) is 12.3 Å². The van der Waals surface area contributed by atoms with Crippen molar-refractivity contribution >= 4 is 15.6 Å². The van der Waals surface area contributed by atoms with Crippen molar-refractivity contribution in [1.29, 1.82) is 0 Å². The number of aromatic nitrogens is 1. The minimum atomic E-state index is -3.54. The van der Waals surface area contributed by atoms with E-state index < -0.39 is 21.4 Å². The van der Waals surface area contributed by atoms with Crippen LogP contribution in [0, 0.1) is 5.82 Å². The predicted octanol–water partition coefficient (Wildman–Crippen LogP) is 2.33. The number of benzene rings is 1. The van der Waals surface area contributed by atoms with Crippen molar-refractivity contribution < 1.29 is 22.1 Å². The summed E-state index contributed by atoms with van der Waals surface area (Å²) >= 11 is 0. The van der Waals surface area contributed by atoms with Crippen LogP contribution < -0.4 is 0 Å². The molecule has 3 rings (SSSR count). The van der Waals surface area contributed by atoms with Gasteiger partial charge in [0.2, 0.25) is 5.78 Å². The third kappa shape index (κ3) is 2.61. The minimum absolute atomic E-state index is 0.0376. The Morgan fingerprint density at radius 2 is 2.10 bits per heavy atom. The van der Waals surface area contributed by atoms with Crippen molar-refractivity contribution in [3.63, 3.8) is 0 Å². The first-order valence-electron chi connectivity index (χ1n) is 6.35. The molecule has 0 N–H and O–H groups in total. The van der Waals surface area contributed by atoms with Gasteiger partial charge in [0.15, 0.2) is 9.84 Å². The van der Waals surface area contributed by atoms with Crippen molar-refractivity contribution in [3.05, 3.63) is 47.1 Å². The van der Waals surface area contributed by atoms with E-state index in [2.05, 4.69) is 9.68 Å². The van der Waals surface area contributed by atoms with Crippen LogP contribution in [0.15, 0.2) is 34.0 Å². The molecule has 1 heterocycles. The Morgan fingerprint density at radius 1 is 1.38 bits per heavy atom. The first kappa shape index (κ1) is 13.9. The molecule has 0 saturated heterocycles. The lowest BCUT2D eigenvalue weighted by Gasteiger charge is -2.10. The van der Waals surface area contributed by atoms with Crippen LogP contribution in [0.4, 0.5) is 4.39 Å². The fraction of sp³-hybridized carbons (Fsp3) is 0.286. The molecule has 2 aromatic rings. The van der Waals surface area contributed by atoms with Crippen molar-refractivity contribution in [1.82, 2.24) is 5.16 Å². The van der Waals surface area contributed by atoms with Crippen molar-refractivity contribution in [2.45, 2.75) is 23.7 Å². The Labute approximate surface area is 120 Å². The van der Waals surface area contributed by atoms with Crippen LogP contribution in [0.2, 0.25) is 0 Å². The van der Waals surface area contributed by atoms with E-state index in [9.17, 15) is 17.6 Å². The zero-order chi connectivity index (χ0) is 15.2. The molecule has 1 aromatic heterocycles. The number of carbonyl (C=O) groups excluding carboxylic acids is 1. The van der Waals surface area contributed by atoms with E-state index in [1.807, 2.05) is 0 Å². The van der Waals surface area contributed by atoms with Crippen molar-refractivity contribution in [3.8, 4) is 0 Å². The van der Waals surface area contributed by atoms with E-state index in [1.54, 1.807) is 0 Å². The van der Waals surface area contributed by atoms with Gasteiger partial charge in [-0.05, 0) is 36.5 Å². The Balaban J connectivity index is 2.15.